The summed E-state index contributed by atoms with van der Waals surface area (Å²) < 4.78 is 16.0. The highest BCUT2D eigenvalue weighted by Crippen LogP contribution is 2.40. The van der Waals surface area contributed by atoms with Crippen molar-refractivity contribution in [2.75, 3.05) is 21.3 Å². The molecule has 0 bridgehead atoms. The van der Waals surface area contributed by atoms with Crippen LogP contribution in [0.1, 0.15) is 0 Å². The van der Waals surface area contributed by atoms with Gasteiger partial charge in [-0.15, -0.1) is 0 Å². The number of pyridine rings is 1. The molecule has 0 unspecified atom stereocenters. The number of rotatable bonds is 4. The fourth-order valence-corrected chi connectivity index (χ4v) is 2.37. The predicted octanol–water partition coefficient (Wildman–Crippen LogP) is 3.30. The van der Waals surface area contributed by atoms with E-state index in [9.17, 15) is 0 Å². The minimum atomic E-state index is 0.399. The smallest absolute Gasteiger partial charge is 0.203 e. The lowest BCUT2D eigenvalue weighted by Gasteiger charge is -2.13. The fraction of sp³-hybridized carbons (Fsp3) is 0.200. The zero-order chi connectivity index (χ0) is 15.7. The second-order valence-corrected chi connectivity index (χ2v) is 4.89. The Balaban J connectivity index is 2.17. The number of methoxy groups -OCH3 is 3. The van der Waals surface area contributed by atoms with Crippen molar-refractivity contribution in [3.63, 3.8) is 0 Å². The fourth-order valence-electron chi connectivity index (χ4n) is 2.22. The number of hydrogen-bond donors (Lipinski definition) is 1. The molecule has 2 aromatic heterocycles. The number of nitrogens with zero attached hydrogens (tertiary/aromatic N) is 2. The highest BCUT2D eigenvalue weighted by Gasteiger charge is 2.16. The maximum Gasteiger partial charge on any atom is 0.203 e. The number of ether oxygens (including phenoxy) is 3. The first-order valence-corrected chi connectivity index (χ1v) is 6.86. The van der Waals surface area contributed by atoms with Crippen LogP contribution in [0.2, 0.25) is 5.15 Å². The molecular formula is C15H14ClN3O3. The van der Waals surface area contributed by atoms with Crippen LogP contribution in [0.5, 0.6) is 17.2 Å². The van der Waals surface area contributed by atoms with E-state index >= 15 is 0 Å². The van der Waals surface area contributed by atoms with Gasteiger partial charge in [-0.2, -0.15) is 0 Å². The third-order valence-corrected chi connectivity index (χ3v) is 3.46. The molecular weight excluding hydrogens is 306 g/mol. The van der Waals surface area contributed by atoms with E-state index in [1.54, 1.807) is 27.4 Å². The lowest BCUT2D eigenvalue weighted by Crippen LogP contribution is -1.96. The molecule has 0 aliphatic carbocycles. The lowest BCUT2D eigenvalue weighted by atomic mass is 10.1. The van der Waals surface area contributed by atoms with Gasteiger partial charge in [0.1, 0.15) is 11.0 Å². The molecule has 0 spiro atoms. The van der Waals surface area contributed by atoms with E-state index in [4.69, 9.17) is 25.8 Å². The van der Waals surface area contributed by atoms with Crippen LogP contribution in [0.25, 0.3) is 22.6 Å². The number of benzene rings is 1. The molecule has 22 heavy (non-hydrogen) atoms. The van der Waals surface area contributed by atoms with E-state index in [1.807, 2.05) is 18.2 Å². The Labute approximate surface area is 132 Å². The topological polar surface area (TPSA) is 69.3 Å². The van der Waals surface area contributed by atoms with Crippen LogP contribution in [0.15, 0.2) is 24.3 Å². The number of fused-ring (bicyclic) bond motifs is 1. The Kier molecular flexibility index (Phi) is 3.77. The SMILES string of the molecule is COc1cc(-c2nc3nc(Cl)ccc3[nH]2)cc(OC)c1OC. The first-order valence-electron chi connectivity index (χ1n) is 6.49. The monoisotopic (exact) mass is 319 g/mol. The summed E-state index contributed by atoms with van der Waals surface area (Å²) in [6, 6.07) is 7.18. The number of halogens is 1. The van der Waals surface area contributed by atoms with Crippen LogP contribution < -0.4 is 14.2 Å². The van der Waals surface area contributed by atoms with Gasteiger partial charge in [0.15, 0.2) is 17.1 Å². The van der Waals surface area contributed by atoms with Gasteiger partial charge in [0.05, 0.1) is 26.8 Å². The van der Waals surface area contributed by atoms with E-state index in [-0.39, 0.29) is 0 Å². The largest absolute Gasteiger partial charge is 0.493 e. The molecule has 3 aromatic rings. The summed E-state index contributed by atoms with van der Waals surface area (Å²) in [7, 11) is 4.70. The molecule has 1 N–H and O–H groups in total. The molecule has 0 atom stereocenters. The van der Waals surface area contributed by atoms with E-state index in [0.29, 0.717) is 33.9 Å². The summed E-state index contributed by atoms with van der Waals surface area (Å²) in [5.74, 6) is 2.29. The molecule has 6 nitrogen and oxygen atoms in total. The molecule has 1 aromatic carbocycles. The molecule has 7 heteroatoms. The van der Waals surface area contributed by atoms with Crippen molar-refractivity contribution in [2.24, 2.45) is 0 Å². The van der Waals surface area contributed by atoms with Crippen LogP contribution in [0.4, 0.5) is 0 Å². The van der Waals surface area contributed by atoms with Gasteiger partial charge in [0, 0.05) is 5.56 Å². The second kappa shape index (κ2) is 5.73. The Morgan fingerprint density at radius 1 is 0.955 bits per heavy atom. The summed E-state index contributed by atoms with van der Waals surface area (Å²) in [4.78, 5) is 11.8. The summed E-state index contributed by atoms with van der Waals surface area (Å²) in [5, 5.41) is 0.399. The van der Waals surface area contributed by atoms with Crippen LogP contribution in [0.3, 0.4) is 0 Å². The van der Waals surface area contributed by atoms with Crippen molar-refractivity contribution in [3.05, 3.63) is 29.4 Å². The van der Waals surface area contributed by atoms with E-state index in [2.05, 4.69) is 15.0 Å². The van der Waals surface area contributed by atoms with Crippen LogP contribution >= 0.6 is 11.6 Å². The summed E-state index contributed by atoms with van der Waals surface area (Å²) >= 11 is 5.89. The highest BCUT2D eigenvalue weighted by atomic mass is 35.5. The normalized spacial score (nSPS) is 10.7. The third-order valence-electron chi connectivity index (χ3n) is 3.25. The van der Waals surface area contributed by atoms with Gasteiger partial charge in [-0.1, -0.05) is 11.6 Å². The summed E-state index contributed by atoms with van der Waals surface area (Å²) in [6.45, 7) is 0. The first-order chi connectivity index (χ1) is 10.7. The maximum atomic E-state index is 5.89. The number of aromatic amines is 1. The quantitative estimate of drug-likeness (QED) is 0.747. The van der Waals surface area contributed by atoms with Crippen molar-refractivity contribution in [1.82, 2.24) is 15.0 Å². The van der Waals surface area contributed by atoms with E-state index in [1.165, 1.54) is 0 Å². The molecule has 0 amide bonds. The van der Waals surface area contributed by atoms with Gasteiger partial charge >= 0.3 is 0 Å². The van der Waals surface area contributed by atoms with Crippen molar-refractivity contribution >= 4 is 22.8 Å². The molecule has 0 radical (unpaired) electrons. The van der Waals surface area contributed by atoms with Gasteiger partial charge in [0.25, 0.3) is 0 Å². The number of nitrogens with one attached hydrogen (secondary N) is 1. The average Bonchev–Trinajstić information content (AvgIpc) is 2.96. The van der Waals surface area contributed by atoms with Crippen LogP contribution in [0, 0.1) is 0 Å². The lowest BCUT2D eigenvalue weighted by molar-refractivity contribution is 0.324. The molecule has 0 fully saturated rings. The van der Waals surface area contributed by atoms with Gasteiger partial charge in [-0.3, -0.25) is 0 Å². The van der Waals surface area contributed by atoms with E-state index in [0.717, 1.165) is 11.1 Å². The zero-order valence-corrected chi connectivity index (χ0v) is 13.1. The van der Waals surface area contributed by atoms with Gasteiger partial charge in [-0.05, 0) is 24.3 Å². The molecule has 0 aliphatic rings. The van der Waals surface area contributed by atoms with Crippen LogP contribution in [-0.4, -0.2) is 36.3 Å². The average molecular weight is 320 g/mol. The molecule has 114 valence electrons. The standard InChI is InChI=1S/C15H14ClN3O3/c1-20-10-6-8(7-11(21-2)13(10)22-3)14-17-9-4-5-12(16)18-15(9)19-14/h4-7H,1-3H3,(H,17,18,19). The zero-order valence-electron chi connectivity index (χ0n) is 12.3. The molecule has 0 saturated carbocycles. The predicted molar refractivity (Wildman–Crippen MR) is 84.0 cm³/mol. The summed E-state index contributed by atoms with van der Waals surface area (Å²) in [5.41, 5.74) is 2.15. The minimum Gasteiger partial charge on any atom is -0.493 e. The Hall–Kier alpha value is -2.47. The summed E-state index contributed by atoms with van der Waals surface area (Å²) in [6.07, 6.45) is 0. The number of H-pyrrole nitrogens is 1. The van der Waals surface area contributed by atoms with Gasteiger partial charge in [-0.25, -0.2) is 9.97 Å². The van der Waals surface area contributed by atoms with Gasteiger partial charge in [0.2, 0.25) is 5.75 Å². The molecule has 2 heterocycles. The van der Waals surface area contributed by atoms with Crippen molar-refractivity contribution < 1.29 is 14.2 Å². The minimum absolute atomic E-state index is 0.399. The van der Waals surface area contributed by atoms with Gasteiger partial charge < -0.3 is 19.2 Å². The number of imidazole rings is 1. The Bertz CT molecular complexity index is 807. The Morgan fingerprint density at radius 3 is 2.23 bits per heavy atom. The third kappa shape index (κ3) is 2.42. The number of aromatic nitrogens is 3. The van der Waals surface area contributed by atoms with E-state index < -0.39 is 0 Å². The Morgan fingerprint density at radius 2 is 1.64 bits per heavy atom. The van der Waals surface area contributed by atoms with Crippen LogP contribution in [-0.2, 0) is 0 Å². The second-order valence-electron chi connectivity index (χ2n) is 4.50. The maximum absolute atomic E-state index is 5.89. The highest BCUT2D eigenvalue weighted by molar-refractivity contribution is 6.29. The first kappa shape index (κ1) is 14.5. The van der Waals surface area contributed by atoms with Crippen molar-refractivity contribution in [2.45, 2.75) is 0 Å². The van der Waals surface area contributed by atoms with Crippen molar-refractivity contribution in [1.29, 1.82) is 0 Å². The molecule has 3 rings (SSSR count). The number of hydrogen-bond acceptors (Lipinski definition) is 5. The molecule has 0 aliphatic heterocycles. The molecule has 0 saturated heterocycles. The van der Waals surface area contributed by atoms with Crippen molar-refractivity contribution in [3.8, 4) is 28.6 Å².